The van der Waals surface area contributed by atoms with Gasteiger partial charge in [-0.2, -0.15) is 4.98 Å². The first-order valence-corrected chi connectivity index (χ1v) is 11.6. The second-order valence-corrected chi connectivity index (χ2v) is 8.66. The molecule has 3 aliphatic rings. The van der Waals surface area contributed by atoms with E-state index in [9.17, 15) is 4.79 Å². The Morgan fingerprint density at radius 1 is 1.06 bits per heavy atom. The van der Waals surface area contributed by atoms with Crippen molar-refractivity contribution in [1.29, 1.82) is 0 Å². The first-order valence-electron chi connectivity index (χ1n) is 11.6. The van der Waals surface area contributed by atoms with E-state index in [1.165, 1.54) is 12.8 Å². The van der Waals surface area contributed by atoms with Gasteiger partial charge in [-0.25, -0.2) is 4.98 Å². The number of ether oxygens (including phenoxy) is 2. The standard InChI is InChI=1S/C24H31N5O3/c1-31-19-6-4-5-18(15-19)16-22(30)29-10-7-21-20(17-29)23(27-8-2-3-9-27)26-24(25-21)28-11-13-32-14-12-28/h4-6,15H,2-3,7-14,16-17H2,1H3. The Kier molecular flexibility index (Phi) is 6.12. The van der Waals surface area contributed by atoms with E-state index in [0.29, 0.717) is 32.7 Å². The Morgan fingerprint density at radius 3 is 2.66 bits per heavy atom. The maximum absolute atomic E-state index is 13.1. The monoisotopic (exact) mass is 437 g/mol. The summed E-state index contributed by atoms with van der Waals surface area (Å²) in [6.45, 7) is 6.38. The van der Waals surface area contributed by atoms with Gasteiger partial charge in [-0.3, -0.25) is 4.79 Å². The lowest BCUT2D eigenvalue weighted by atomic mass is 10.0. The number of anilines is 2. The smallest absolute Gasteiger partial charge is 0.227 e. The lowest BCUT2D eigenvalue weighted by molar-refractivity contribution is -0.131. The SMILES string of the molecule is COc1cccc(CC(=O)N2CCc3nc(N4CCOCC4)nc(N4CCCC4)c3C2)c1. The summed E-state index contributed by atoms with van der Waals surface area (Å²) < 4.78 is 10.8. The van der Waals surface area contributed by atoms with E-state index in [1.54, 1.807) is 7.11 Å². The maximum Gasteiger partial charge on any atom is 0.227 e. The van der Waals surface area contributed by atoms with E-state index in [1.807, 2.05) is 29.2 Å². The van der Waals surface area contributed by atoms with Crippen LogP contribution in [0.1, 0.15) is 29.7 Å². The van der Waals surface area contributed by atoms with Crippen LogP contribution in [0.15, 0.2) is 24.3 Å². The van der Waals surface area contributed by atoms with Crippen LogP contribution in [0, 0.1) is 0 Å². The van der Waals surface area contributed by atoms with Crippen LogP contribution in [-0.4, -0.2) is 73.8 Å². The molecular weight excluding hydrogens is 406 g/mol. The molecule has 3 aliphatic heterocycles. The fourth-order valence-electron chi connectivity index (χ4n) is 4.76. The van der Waals surface area contributed by atoms with E-state index < -0.39 is 0 Å². The lowest BCUT2D eigenvalue weighted by Gasteiger charge is -2.34. The molecule has 0 N–H and O–H groups in total. The largest absolute Gasteiger partial charge is 0.497 e. The minimum Gasteiger partial charge on any atom is -0.497 e. The minimum atomic E-state index is 0.133. The molecule has 32 heavy (non-hydrogen) atoms. The van der Waals surface area contributed by atoms with Crippen LogP contribution in [-0.2, 0) is 28.9 Å². The summed E-state index contributed by atoms with van der Waals surface area (Å²) in [6, 6.07) is 7.74. The van der Waals surface area contributed by atoms with Gasteiger partial charge in [0.25, 0.3) is 0 Å². The van der Waals surface area contributed by atoms with Crippen LogP contribution in [0.3, 0.4) is 0 Å². The van der Waals surface area contributed by atoms with Crippen LogP contribution in [0.5, 0.6) is 5.75 Å². The summed E-state index contributed by atoms with van der Waals surface area (Å²) >= 11 is 0. The van der Waals surface area contributed by atoms with Crippen molar-refractivity contribution in [2.24, 2.45) is 0 Å². The van der Waals surface area contributed by atoms with E-state index in [0.717, 1.165) is 66.9 Å². The average Bonchev–Trinajstić information content (AvgIpc) is 3.38. The fraction of sp³-hybridized carbons (Fsp3) is 0.542. The Balaban J connectivity index is 1.39. The van der Waals surface area contributed by atoms with Crippen molar-refractivity contribution in [2.75, 3.05) is 62.8 Å². The summed E-state index contributed by atoms with van der Waals surface area (Å²) in [6.07, 6.45) is 3.51. The van der Waals surface area contributed by atoms with E-state index in [4.69, 9.17) is 19.4 Å². The number of methoxy groups -OCH3 is 1. The number of rotatable bonds is 5. The zero-order valence-electron chi connectivity index (χ0n) is 18.8. The molecule has 5 rings (SSSR count). The fourth-order valence-corrected chi connectivity index (χ4v) is 4.76. The summed E-state index contributed by atoms with van der Waals surface area (Å²) in [5.41, 5.74) is 3.18. The van der Waals surface area contributed by atoms with Gasteiger partial charge in [-0.15, -0.1) is 0 Å². The number of carbonyl (C=O) groups is 1. The highest BCUT2D eigenvalue weighted by molar-refractivity contribution is 5.79. The molecule has 1 amide bonds. The van der Waals surface area contributed by atoms with Crippen molar-refractivity contribution >= 4 is 17.7 Å². The second-order valence-electron chi connectivity index (χ2n) is 8.66. The minimum absolute atomic E-state index is 0.133. The predicted octanol–water partition coefficient (Wildman–Crippen LogP) is 2.05. The zero-order chi connectivity index (χ0) is 21.9. The molecule has 2 aromatic rings. The van der Waals surface area contributed by atoms with Crippen molar-refractivity contribution in [3.05, 3.63) is 41.1 Å². The molecular formula is C24H31N5O3. The quantitative estimate of drug-likeness (QED) is 0.709. The van der Waals surface area contributed by atoms with Crippen LogP contribution in [0.25, 0.3) is 0 Å². The molecule has 2 saturated heterocycles. The first-order chi connectivity index (χ1) is 15.7. The van der Waals surface area contributed by atoms with Crippen molar-refractivity contribution < 1.29 is 14.3 Å². The number of benzene rings is 1. The van der Waals surface area contributed by atoms with Gasteiger partial charge < -0.3 is 24.2 Å². The number of fused-ring (bicyclic) bond motifs is 1. The average molecular weight is 438 g/mol. The molecule has 0 unspecified atom stereocenters. The van der Waals surface area contributed by atoms with Gasteiger partial charge in [0.2, 0.25) is 11.9 Å². The number of amides is 1. The highest BCUT2D eigenvalue weighted by Crippen LogP contribution is 2.31. The van der Waals surface area contributed by atoms with Crippen molar-refractivity contribution in [1.82, 2.24) is 14.9 Å². The highest BCUT2D eigenvalue weighted by atomic mass is 16.5. The van der Waals surface area contributed by atoms with Crippen LogP contribution >= 0.6 is 0 Å². The Morgan fingerprint density at radius 2 is 1.88 bits per heavy atom. The van der Waals surface area contributed by atoms with Gasteiger partial charge in [0.05, 0.1) is 39.0 Å². The molecule has 1 aromatic heterocycles. The van der Waals surface area contributed by atoms with Gasteiger partial charge in [-0.1, -0.05) is 12.1 Å². The number of hydrogen-bond donors (Lipinski definition) is 0. The normalized spacial score (nSPS) is 18.6. The zero-order valence-corrected chi connectivity index (χ0v) is 18.8. The third kappa shape index (κ3) is 4.37. The van der Waals surface area contributed by atoms with E-state index in [2.05, 4.69) is 9.80 Å². The summed E-state index contributed by atoms with van der Waals surface area (Å²) in [5, 5.41) is 0. The van der Waals surface area contributed by atoms with Crippen LogP contribution < -0.4 is 14.5 Å². The van der Waals surface area contributed by atoms with Crippen molar-refractivity contribution in [2.45, 2.75) is 32.2 Å². The van der Waals surface area contributed by atoms with Gasteiger partial charge in [0.15, 0.2) is 0 Å². The Bertz CT molecular complexity index is 970. The number of nitrogens with zero attached hydrogens (tertiary/aromatic N) is 5. The molecule has 8 heteroatoms. The Hall–Kier alpha value is -2.87. The molecule has 0 aliphatic carbocycles. The summed E-state index contributed by atoms with van der Waals surface area (Å²) in [7, 11) is 1.65. The third-order valence-corrected chi connectivity index (χ3v) is 6.57. The highest BCUT2D eigenvalue weighted by Gasteiger charge is 2.30. The van der Waals surface area contributed by atoms with Gasteiger partial charge in [0, 0.05) is 44.7 Å². The van der Waals surface area contributed by atoms with Crippen molar-refractivity contribution in [3.63, 3.8) is 0 Å². The first kappa shape index (κ1) is 21.0. The summed E-state index contributed by atoms with van der Waals surface area (Å²) in [4.78, 5) is 29.7. The second kappa shape index (κ2) is 9.32. The Labute approximate surface area is 189 Å². The van der Waals surface area contributed by atoms with Gasteiger partial charge in [-0.05, 0) is 30.5 Å². The molecule has 0 bridgehead atoms. The van der Waals surface area contributed by atoms with Crippen LogP contribution in [0.2, 0.25) is 0 Å². The number of carbonyl (C=O) groups excluding carboxylic acids is 1. The number of morpholine rings is 1. The van der Waals surface area contributed by atoms with Gasteiger partial charge in [0.1, 0.15) is 11.6 Å². The van der Waals surface area contributed by atoms with E-state index >= 15 is 0 Å². The molecule has 1 aromatic carbocycles. The molecule has 0 spiro atoms. The molecule has 4 heterocycles. The lowest BCUT2D eigenvalue weighted by Crippen LogP contribution is -2.41. The summed E-state index contributed by atoms with van der Waals surface area (Å²) in [5.74, 6) is 2.74. The maximum atomic E-state index is 13.1. The molecule has 2 fully saturated rings. The van der Waals surface area contributed by atoms with E-state index in [-0.39, 0.29) is 5.91 Å². The predicted molar refractivity (Wildman–Crippen MR) is 122 cm³/mol. The molecule has 0 radical (unpaired) electrons. The number of aromatic nitrogens is 2. The topological polar surface area (TPSA) is 71.0 Å². The molecule has 0 atom stereocenters. The van der Waals surface area contributed by atoms with Crippen LogP contribution in [0.4, 0.5) is 11.8 Å². The molecule has 8 nitrogen and oxygen atoms in total. The third-order valence-electron chi connectivity index (χ3n) is 6.57. The van der Waals surface area contributed by atoms with Gasteiger partial charge >= 0.3 is 0 Å². The molecule has 0 saturated carbocycles. The number of hydrogen-bond acceptors (Lipinski definition) is 7. The van der Waals surface area contributed by atoms with Crippen molar-refractivity contribution in [3.8, 4) is 5.75 Å². The molecule has 170 valence electrons.